The standard InChI is InChI=1S/C81H131N13O17S/c1-49(2)39-61-71(98)82-54(11)75(102)92(20)65(42-52(7)8)79(106)91(19)64(45-55-31-26-24-27-32-55)74(101)85-60(48-111-81(12,13)14)77(104)89(17)62(40-50(3)4)72(99)83-58(44-56-34-35-57(67(46-56)110-22)70(97)86-112(23,108)109)76(103)93(21)66(43-53(9)10)80(107)90(18)63(41-51(5)6)73(100)84-59(78(105)94-37-28-25-29-38-94)47-69(96)87(15)36-30-33-68(95)88(61)16/h24,26-27,31-32,34-35,46,49-54,58-66H,25,28-30,33,36-45,47-48H2,1-23H3,(H,82,98)(H,83,99)(H,84,100)(H,85,101)(H,86,97)/t54-,58-,59-,60-,61-,62?,63-,64-,65-,66-/m0/s1. The highest BCUT2D eigenvalue weighted by Crippen LogP contribution is 2.27. The molecule has 112 heavy (non-hydrogen) atoms. The molecule has 2 aliphatic heterocycles. The molecular weight excluding hydrogens is 1460 g/mol. The van der Waals surface area contributed by atoms with Crippen LogP contribution < -0.4 is 30.7 Å². The third-order valence-corrected chi connectivity index (χ3v) is 20.9. The molecule has 2 heterocycles. The van der Waals surface area contributed by atoms with Gasteiger partial charge in [0.2, 0.25) is 80.9 Å². The van der Waals surface area contributed by atoms with E-state index >= 15 is 33.6 Å². The summed E-state index contributed by atoms with van der Waals surface area (Å²) in [7, 11) is 7.19. The molecule has 2 aliphatic rings. The van der Waals surface area contributed by atoms with Crippen molar-refractivity contribution in [3.05, 3.63) is 65.2 Å². The summed E-state index contributed by atoms with van der Waals surface area (Å²) in [5.41, 5.74) is -0.220. The third-order valence-electron chi connectivity index (χ3n) is 20.3. The molecule has 1 unspecified atom stereocenters. The molecule has 2 aromatic carbocycles. The molecule has 13 amide bonds. The topological polar surface area (TPSA) is 361 Å². The zero-order valence-electron chi connectivity index (χ0n) is 70.7. The molecule has 628 valence electrons. The van der Waals surface area contributed by atoms with E-state index in [-0.39, 0.29) is 111 Å². The summed E-state index contributed by atoms with van der Waals surface area (Å²) >= 11 is 0. The van der Waals surface area contributed by atoms with Gasteiger partial charge in [0, 0.05) is 88.2 Å². The average Bonchev–Trinajstić information content (AvgIpc) is 0.818. The van der Waals surface area contributed by atoms with Gasteiger partial charge in [-0.25, -0.2) is 13.1 Å². The normalized spacial score (nSPS) is 23.8. The van der Waals surface area contributed by atoms with Gasteiger partial charge in [0.25, 0.3) is 5.91 Å². The smallest absolute Gasteiger partial charge is 0.268 e. The lowest BCUT2D eigenvalue weighted by Crippen LogP contribution is -2.62. The molecule has 0 aromatic heterocycles. The summed E-state index contributed by atoms with van der Waals surface area (Å²) in [5.74, 6) is -10.6. The second-order valence-electron chi connectivity index (χ2n) is 33.5. The Morgan fingerprint density at radius 1 is 0.500 bits per heavy atom. The first-order valence-electron chi connectivity index (χ1n) is 39.3. The van der Waals surface area contributed by atoms with Gasteiger partial charge in [0.1, 0.15) is 66.2 Å². The highest BCUT2D eigenvalue weighted by atomic mass is 32.2. The Morgan fingerprint density at radius 3 is 1.44 bits per heavy atom. The minimum Gasteiger partial charge on any atom is -0.496 e. The van der Waals surface area contributed by atoms with Crippen molar-refractivity contribution < 1.29 is 80.2 Å². The molecular formula is C81H131N13O17S. The number of likely N-dealkylation sites (tertiary alicyclic amines) is 1. The third kappa shape index (κ3) is 29.0. The first-order chi connectivity index (χ1) is 52.1. The summed E-state index contributed by atoms with van der Waals surface area (Å²) in [4.78, 5) is 205. The van der Waals surface area contributed by atoms with E-state index in [2.05, 4.69) is 21.3 Å². The van der Waals surface area contributed by atoms with E-state index in [1.165, 1.54) is 111 Å². The number of piperidine rings is 1. The number of nitrogens with zero attached hydrogens (tertiary/aromatic N) is 8. The SMILES string of the molecule is COc1cc(C[C@@H]2NC(=O)C(CC(C)C)N(C)C(=O)[C@H](COC(C)(C)C)NC(=O)[C@H](Cc3ccccc3)N(C)C(=O)[C@H](CC(C)C)N(C)C(=O)[C@H](C)NC(=O)[C@H](CC(C)C)N(C)C(=O)CCCN(C)C(=O)C[C@@H](C(=O)N3CCCCC3)NC(=O)[C@H](CC(C)C)N(C)C(=O)[C@H](CC(C)C)N(C)C2=O)ccc1C(=O)NS(C)(=O)=O. The fraction of sp³-hybridized carbons (Fsp3) is 0.691. The van der Waals surface area contributed by atoms with E-state index in [4.69, 9.17) is 9.47 Å². The quantitative estimate of drug-likeness (QED) is 0.119. The zero-order valence-corrected chi connectivity index (χ0v) is 71.5. The highest BCUT2D eigenvalue weighted by Gasteiger charge is 2.44. The van der Waals surface area contributed by atoms with Crippen LogP contribution >= 0.6 is 0 Å². The maximum atomic E-state index is 15.9. The number of ether oxygens (including phenoxy) is 2. The van der Waals surface area contributed by atoms with Crippen molar-refractivity contribution in [2.45, 2.75) is 246 Å². The van der Waals surface area contributed by atoms with Gasteiger partial charge in [-0.2, -0.15) is 0 Å². The lowest BCUT2D eigenvalue weighted by molar-refractivity contribution is -0.151. The van der Waals surface area contributed by atoms with Crippen molar-refractivity contribution in [2.75, 3.05) is 88.9 Å². The van der Waals surface area contributed by atoms with Crippen LogP contribution in [0.1, 0.15) is 189 Å². The molecule has 4 rings (SSSR count). The first kappa shape index (κ1) is 95.6. The lowest BCUT2D eigenvalue weighted by Gasteiger charge is -2.38. The van der Waals surface area contributed by atoms with E-state index in [0.717, 1.165) is 17.6 Å². The maximum absolute atomic E-state index is 15.9. The van der Waals surface area contributed by atoms with Crippen molar-refractivity contribution in [3.8, 4) is 5.75 Å². The van der Waals surface area contributed by atoms with Crippen LogP contribution in [0, 0.1) is 29.6 Å². The van der Waals surface area contributed by atoms with Crippen molar-refractivity contribution in [1.29, 1.82) is 0 Å². The summed E-state index contributed by atoms with van der Waals surface area (Å²) < 4.78 is 38.3. The van der Waals surface area contributed by atoms with Crippen molar-refractivity contribution in [2.24, 2.45) is 29.6 Å². The number of carbonyl (C=O) groups excluding carboxylic acids is 13. The number of methoxy groups -OCH3 is 1. The number of sulfonamides is 1. The minimum atomic E-state index is -4.06. The molecule has 0 radical (unpaired) electrons. The van der Waals surface area contributed by atoms with Gasteiger partial charge in [0.05, 0.1) is 37.6 Å². The summed E-state index contributed by atoms with van der Waals surface area (Å²) in [5, 5.41) is 11.5. The summed E-state index contributed by atoms with van der Waals surface area (Å²) in [6, 6.07) is -0.652. The molecule has 0 bridgehead atoms. The van der Waals surface area contributed by atoms with Crippen LogP contribution in [0.3, 0.4) is 0 Å². The van der Waals surface area contributed by atoms with Gasteiger partial charge in [-0.3, -0.25) is 62.3 Å². The Balaban J connectivity index is 2.05. The molecule has 5 N–H and O–H groups in total. The fourth-order valence-electron chi connectivity index (χ4n) is 13.9. The van der Waals surface area contributed by atoms with Gasteiger partial charge in [-0.1, -0.05) is 106 Å². The number of rotatable bonds is 20. The number of benzene rings is 2. The van der Waals surface area contributed by atoms with E-state index in [1.807, 2.05) is 74.0 Å². The van der Waals surface area contributed by atoms with Crippen molar-refractivity contribution in [3.63, 3.8) is 0 Å². The summed E-state index contributed by atoms with van der Waals surface area (Å²) in [6.07, 6.45) is 2.38. The number of likely N-dealkylation sites (N-methyl/N-ethyl adjacent to an activating group) is 6. The van der Waals surface area contributed by atoms with E-state index in [9.17, 15) is 37.2 Å². The van der Waals surface area contributed by atoms with Crippen LogP contribution in [0.5, 0.6) is 5.75 Å². The van der Waals surface area contributed by atoms with Crippen LogP contribution in [-0.4, -0.2) is 279 Å². The second kappa shape index (κ2) is 43.5. The Labute approximate surface area is 665 Å². The average molecular weight is 1590 g/mol. The molecule has 2 aromatic rings. The molecule has 31 heteroatoms. The van der Waals surface area contributed by atoms with Crippen molar-refractivity contribution in [1.82, 2.24) is 65.2 Å². The monoisotopic (exact) mass is 1590 g/mol. The second-order valence-corrected chi connectivity index (χ2v) is 35.2. The minimum absolute atomic E-state index is 0.00829. The Kier molecular flexibility index (Phi) is 37.1. The predicted molar refractivity (Wildman–Crippen MR) is 427 cm³/mol. The number of carbonyl (C=O) groups is 13. The number of hydrogen-bond donors (Lipinski definition) is 5. The van der Waals surface area contributed by atoms with Crippen LogP contribution in [0.4, 0.5) is 0 Å². The number of hydrogen-bond acceptors (Lipinski definition) is 17. The Hall–Kier alpha value is -8.74. The number of nitrogens with one attached hydrogen (secondary N) is 5. The van der Waals surface area contributed by atoms with Gasteiger partial charge in [-0.05, 0) is 138 Å². The van der Waals surface area contributed by atoms with Crippen LogP contribution in [0.25, 0.3) is 0 Å². The maximum Gasteiger partial charge on any atom is 0.268 e. The Bertz CT molecular complexity index is 3690. The van der Waals surface area contributed by atoms with Crippen LogP contribution in [0.2, 0.25) is 0 Å². The van der Waals surface area contributed by atoms with E-state index < -0.39 is 166 Å². The van der Waals surface area contributed by atoms with Crippen LogP contribution in [0.15, 0.2) is 48.5 Å². The van der Waals surface area contributed by atoms with E-state index in [1.54, 1.807) is 56.0 Å². The molecule has 0 aliphatic carbocycles. The Morgan fingerprint density at radius 2 is 0.938 bits per heavy atom. The first-order valence-corrected chi connectivity index (χ1v) is 41.2. The van der Waals surface area contributed by atoms with Crippen molar-refractivity contribution >= 4 is 86.8 Å². The fourth-order valence-corrected chi connectivity index (χ4v) is 14.3. The van der Waals surface area contributed by atoms with Crippen LogP contribution in [-0.2, 0) is 85.1 Å². The van der Waals surface area contributed by atoms with E-state index in [0.29, 0.717) is 31.5 Å². The van der Waals surface area contributed by atoms with Gasteiger partial charge >= 0.3 is 0 Å². The van der Waals surface area contributed by atoms with Gasteiger partial charge in [-0.15, -0.1) is 0 Å². The lowest BCUT2D eigenvalue weighted by atomic mass is 9.96. The van der Waals surface area contributed by atoms with Gasteiger partial charge < -0.3 is 69.9 Å². The summed E-state index contributed by atoms with van der Waals surface area (Å²) in [6.45, 7) is 25.4. The molecule has 2 saturated heterocycles. The number of amides is 13. The van der Waals surface area contributed by atoms with Gasteiger partial charge in [0.15, 0.2) is 0 Å². The highest BCUT2D eigenvalue weighted by molar-refractivity contribution is 7.89. The largest absolute Gasteiger partial charge is 0.496 e. The molecule has 0 saturated carbocycles. The zero-order chi connectivity index (χ0) is 84.7. The predicted octanol–water partition coefficient (Wildman–Crippen LogP) is 4.79. The molecule has 30 nitrogen and oxygen atoms in total. The molecule has 10 atom stereocenters. The molecule has 0 spiro atoms. The molecule has 2 fully saturated rings.